The van der Waals surface area contributed by atoms with Gasteiger partial charge in [-0.25, -0.2) is 0 Å². The summed E-state index contributed by atoms with van der Waals surface area (Å²) >= 11 is 10.9. The van der Waals surface area contributed by atoms with Gasteiger partial charge in [-0.05, 0) is 12.1 Å². The van der Waals surface area contributed by atoms with Crippen LogP contribution in [0.4, 0.5) is 0 Å². The van der Waals surface area contributed by atoms with Gasteiger partial charge in [0, 0.05) is 6.20 Å². The minimum absolute atomic E-state index is 0.170. The third kappa shape index (κ3) is 1.84. The van der Waals surface area contributed by atoms with Gasteiger partial charge in [-0.2, -0.15) is 0 Å². The van der Waals surface area contributed by atoms with E-state index in [1.165, 1.54) is 12.3 Å². The molecule has 0 saturated heterocycles. The fourth-order valence-corrected chi connectivity index (χ4v) is 0.655. The molecule has 0 saturated carbocycles. The van der Waals surface area contributed by atoms with E-state index in [2.05, 4.69) is 4.98 Å². The molecule has 0 aliphatic carbocycles. The van der Waals surface area contributed by atoms with Crippen molar-refractivity contribution >= 4 is 23.2 Å². The van der Waals surface area contributed by atoms with Crippen LogP contribution >= 0.6 is 23.2 Å². The van der Waals surface area contributed by atoms with Crippen LogP contribution in [0.3, 0.4) is 0 Å². The number of aromatic nitrogens is 1. The van der Waals surface area contributed by atoms with Crippen LogP contribution in [0.25, 0.3) is 0 Å². The molecule has 1 aromatic rings. The van der Waals surface area contributed by atoms with Gasteiger partial charge in [0.05, 0.1) is 19.3 Å². The molecule has 48 valence electrons. The van der Waals surface area contributed by atoms with Crippen LogP contribution in [-0.4, -0.2) is 4.98 Å². The van der Waals surface area contributed by atoms with Gasteiger partial charge in [-0.15, -0.1) is 11.6 Å². The quantitative estimate of drug-likeness (QED) is 0.581. The van der Waals surface area contributed by atoms with E-state index < -0.39 is 5.83 Å². The highest BCUT2D eigenvalue weighted by Crippen LogP contribution is 2.06. The molecule has 1 nitrogen and oxygen atoms in total. The minimum Gasteiger partial charge on any atom is -0.258 e. The Kier molecular flexibility index (Phi) is 1.53. The summed E-state index contributed by atoms with van der Waals surface area (Å²) in [5.41, 5.74) is 0.170. The first-order valence-electron chi connectivity index (χ1n) is 3.31. The zero-order chi connectivity index (χ0) is 8.48. The highest BCUT2D eigenvalue weighted by molar-refractivity contribution is 6.30. The van der Waals surface area contributed by atoms with Crippen molar-refractivity contribution in [2.75, 3.05) is 0 Å². The van der Waals surface area contributed by atoms with Crippen molar-refractivity contribution < 1.29 is 2.74 Å². The Morgan fingerprint density at radius 3 is 2.89 bits per heavy atom. The summed E-state index contributed by atoms with van der Waals surface area (Å²) < 4.78 is 14.1. The van der Waals surface area contributed by atoms with E-state index in [0.717, 1.165) is 0 Å². The van der Waals surface area contributed by atoms with E-state index >= 15 is 0 Å². The molecule has 0 bridgehead atoms. The number of nitrogens with zero attached hydrogens (tertiary/aromatic N) is 1. The van der Waals surface area contributed by atoms with Crippen LogP contribution in [0.15, 0.2) is 18.3 Å². The summed E-state index contributed by atoms with van der Waals surface area (Å²) in [6.45, 7) is 0. The highest BCUT2D eigenvalue weighted by Gasteiger charge is 1.89. The largest absolute Gasteiger partial charge is 0.258 e. The first kappa shape index (κ1) is 4.53. The van der Waals surface area contributed by atoms with Crippen molar-refractivity contribution in [2.45, 2.75) is 5.83 Å². The molecule has 3 heteroatoms. The predicted octanol–water partition coefficient (Wildman–Crippen LogP) is 2.47. The Labute approximate surface area is 66.4 Å². The molecule has 0 aliphatic heterocycles. The molecule has 0 aromatic carbocycles. The summed E-state index contributed by atoms with van der Waals surface area (Å²) in [6, 6.07) is 3.00. The van der Waals surface area contributed by atoms with Crippen molar-refractivity contribution in [2.24, 2.45) is 0 Å². The molecule has 0 atom stereocenters. The topological polar surface area (TPSA) is 12.9 Å². The molecule has 0 spiro atoms. The van der Waals surface area contributed by atoms with Gasteiger partial charge in [0.1, 0.15) is 0 Å². The smallest absolute Gasteiger partial charge is 0.0647 e. The van der Waals surface area contributed by atoms with E-state index in [1.807, 2.05) is 0 Å². The lowest BCUT2D eigenvalue weighted by Crippen LogP contribution is -1.81. The molecule has 1 heterocycles. The van der Waals surface area contributed by atoms with Gasteiger partial charge >= 0.3 is 0 Å². The first-order chi connectivity index (χ1) is 5.00. The maximum Gasteiger partial charge on any atom is 0.0647 e. The number of hydrogen-bond donors (Lipinski definition) is 0. The number of alkyl halides is 1. The predicted molar refractivity (Wildman–Crippen MR) is 38.8 cm³/mol. The summed E-state index contributed by atoms with van der Waals surface area (Å²) in [5.74, 6) is -1.91. The molecule has 0 radical (unpaired) electrons. The van der Waals surface area contributed by atoms with E-state index in [-0.39, 0.29) is 5.69 Å². The Balaban J connectivity index is 2.99. The maximum atomic E-state index is 7.07. The van der Waals surface area contributed by atoms with Gasteiger partial charge in [0.15, 0.2) is 0 Å². The summed E-state index contributed by atoms with van der Waals surface area (Å²) in [5, 5.41) is 0.467. The van der Waals surface area contributed by atoms with Crippen molar-refractivity contribution in [3.63, 3.8) is 0 Å². The van der Waals surface area contributed by atoms with E-state index in [1.54, 1.807) is 6.07 Å². The number of hydrogen-bond acceptors (Lipinski definition) is 1. The monoisotopic (exact) mass is 163 g/mol. The molecule has 9 heavy (non-hydrogen) atoms. The standard InChI is InChI=1S/C6H5Cl2N/c7-3-6-2-1-5(8)4-9-6/h1-2,4H,3H2/i3D2. The lowest BCUT2D eigenvalue weighted by Gasteiger charge is -1.91. The van der Waals surface area contributed by atoms with Crippen molar-refractivity contribution in [3.8, 4) is 0 Å². The lowest BCUT2D eigenvalue weighted by atomic mass is 10.4. The summed E-state index contributed by atoms with van der Waals surface area (Å²) in [7, 11) is 0. The van der Waals surface area contributed by atoms with Crippen LogP contribution in [0.2, 0.25) is 5.02 Å². The third-order valence-corrected chi connectivity index (χ3v) is 1.24. The second-order valence-electron chi connectivity index (χ2n) is 1.46. The molecule has 1 aromatic heterocycles. The number of pyridine rings is 1. The van der Waals surface area contributed by atoms with Crippen LogP contribution in [0, 0.1) is 0 Å². The average Bonchev–Trinajstić information content (AvgIpc) is 1.86. The second-order valence-corrected chi connectivity index (χ2v) is 2.08. The van der Waals surface area contributed by atoms with Crippen molar-refractivity contribution in [1.29, 1.82) is 0 Å². The normalized spacial score (nSPS) is 14.4. The van der Waals surface area contributed by atoms with E-state index in [4.69, 9.17) is 25.9 Å². The lowest BCUT2D eigenvalue weighted by molar-refractivity contribution is 1.17. The summed E-state index contributed by atoms with van der Waals surface area (Å²) in [6.07, 6.45) is 1.36. The fourth-order valence-electron chi connectivity index (χ4n) is 0.432. The third-order valence-electron chi connectivity index (χ3n) is 0.824. The number of halogens is 2. The molecule has 1 rings (SSSR count). The average molecular weight is 164 g/mol. The maximum absolute atomic E-state index is 7.07. The van der Waals surface area contributed by atoms with Crippen LogP contribution < -0.4 is 0 Å². The van der Waals surface area contributed by atoms with Gasteiger partial charge in [-0.1, -0.05) is 11.6 Å². The first-order valence-corrected chi connectivity index (χ1v) is 3.07. The van der Waals surface area contributed by atoms with Gasteiger partial charge in [-0.3, -0.25) is 4.98 Å². The second kappa shape index (κ2) is 3.04. The zero-order valence-corrected chi connectivity index (χ0v) is 5.95. The van der Waals surface area contributed by atoms with Gasteiger partial charge < -0.3 is 0 Å². The summed E-state index contributed by atoms with van der Waals surface area (Å²) in [4.78, 5) is 3.71. The number of rotatable bonds is 1. The Hall–Kier alpha value is -0.270. The van der Waals surface area contributed by atoms with E-state index in [0.29, 0.717) is 5.02 Å². The van der Waals surface area contributed by atoms with Crippen molar-refractivity contribution in [1.82, 2.24) is 4.98 Å². The Morgan fingerprint density at radius 1 is 1.67 bits per heavy atom. The molecule has 0 amide bonds. The molecule has 0 N–H and O–H groups in total. The fraction of sp³-hybridized carbons (Fsp3) is 0.167. The van der Waals surface area contributed by atoms with E-state index in [9.17, 15) is 0 Å². The molecular formula is C6H5Cl2N. The Bertz CT molecular complexity index is 242. The van der Waals surface area contributed by atoms with Crippen LogP contribution in [0.5, 0.6) is 0 Å². The molecule has 0 aliphatic rings. The minimum atomic E-state index is -1.91. The van der Waals surface area contributed by atoms with Gasteiger partial charge in [0.25, 0.3) is 0 Å². The highest BCUT2D eigenvalue weighted by atomic mass is 35.5. The van der Waals surface area contributed by atoms with Crippen LogP contribution in [0.1, 0.15) is 8.44 Å². The Morgan fingerprint density at radius 2 is 2.44 bits per heavy atom. The zero-order valence-electron chi connectivity index (χ0n) is 6.44. The SMILES string of the molecule is [2H]C([2H])(Cl)c1ccc(Cl)cn1. The van der Waals surface area contributed by atoms with Crippen molar-refractivity contribution in [3.05, 3.63) is 29.0 Å². The molecular weight excluding hydrogens is 157 g/mol. The molecule has 0 fully saturated rings. The van der Waals surface area contributed by atoms with Gasteiger partial charge in [0.2, 0.25) is 0 Å². The van der Waals surface area contributed by atoms with Crippen LogP contribution in [-0.2, 0) is 5.83 Å². The molecule has 0 unspecified atom stereocenters.